The van der Waals surface area contributed by atoms with E-state index in [1.54, 1.807) is 0 Å². The molecule has 1 aromatic rings. The molecule has 88 valence electrons. The third kappa shape index (κ3) is 1.93. The van der Waals surface area contributed by atoms with Gasteiger partial charge in [-0.05, 0) is 18.5 Å². The lowest BCUT2D eigenvalue weighted by Crippen LogP contribution is -2.09. The Balaban J connectivity index is 2.41. The molecule has 0 radical (unpaired) electrons. The molecule has 1 atom stereocenters. The average Bonchev–Trinajstić information content (AvgIpc) is 2.54. The minimum absolute atomic E-state index is 0.108. The fraction of sp³-hybridized carbons (Fsp3) is 0.500. The van der Waals surface area contributed by atoms with Crippen molar-refractivity contribution in [1.29, 1.82) is 0 Å². The van der Waals surface area contributed by atoms with Crippen LogP contribution in [-0.4, -0.2) is 24.9 Å². The Morgan fingerprint density at radius 3 is 2.88 bits per heavy atom. The van der Waals surface area contributed by atoms with Crippen LogP contribution in [-0.2, 0) is 0 Å². The van der Waals surface area contributed by atoms with Gasteiger partial charge in [-0.15, -0.1) is 0 Å². The van der Waals surface area contributed by atoms with Crippen molar-refractivity contribution >= 4 is 0 Å². The molecule has 1 aromatic carbocycles. The second-order valence-electron chi connectivity index (χ2n) is 4.02. The lowest BCUT2D eigenvalue weighted by molar-refractivity contribution is 0.291. The molecule has 0 spiro atoms. The van der Waals surface area contributed by atoms with Gasteiger partial charge in [0.05, 0.1) is 13.2 Å². The van der Waals surface area contributed by atoms with Gasteiger partial charge in [0, 0.05) is 12.0 Å². The van der Waals surface area contributed by atoms with Crippen molar-refractivity contribution in [3.63, 3.8) is 0 Å². The summed E-state index contributed by atoms with van der Waals surface area (Å²) in [5.41, 5.74) is 6.41. The van der Waals surface area contributed by atoms with Crippen LogP contribution in [0, 0.1) is 0 Å². The quantitative estimate of drug-likeness (QED) is 0.799. The Labute approximate surface area is 95.0 Å². The average molecular weight is 223 g/mol. The minimum atomic E-state index is 0.108. The van der Waals surface area contributed by atoms with Crippen LogP contribution in [0.25, 0.3) is 0 Å². The number of aromatic hydroxyl groups is 1. The normalized spacial score (nSPS) is 16.6. The Morgan fingerprint density at radius 1 is 1.38 bits per heavy atom. The van der Waals surface area contributed by atoms with Crippen LogP contribution < -0.4 is 15.2 Å². The van der Waals surface area contributed by atoms with E-state index in [9.17, 15) is 5.11 Å². The number of fused-ring (bicyclic) bond motifs is 1. The van der Waals surface area contributed by atoms with Crippen LogP contribution in [0.1, 0.15) is 24.8 Å². The van der Waals surface area contributed by atoms with E-state index in [0.29, 0.717) is 31.3 Å². The van der Waals surface area contributed by atoms with E-state index in [4.69, 9.17) is 15.2 Å². The van der Waals surface area contributed by atoms with E-state index in [1.165, 1.54) is 0 Å². The number of rotatable bonds is 2. The van der Waals surface area contributed by atoms with Crippen LogP contribution in [0.2, 0.25) is 0 Å². The Hall–Kier alpha value is -1.42. The van der Waals surface area contributed by atoms with Gasteiger partial charge in [0.2, 0.25) is 5.75 Å². The van der Waals surface area contributed by atoms with Crippen molar-refractivity contribution in [2.45, 2.75) is 19.3 Å². The van der Waals surface area contributed by atoms with Crippen LogP contribution in [0.3, 0.4) is 0 Å². The minimum Gasteiger partial charge on any atom is -0.504 e. The summed E-state index contributed by atoms with van der Waals surface area (Å²) in [4.78, 5) is 0. The molecule has 16 heavy (non-hydrogen) atoms. The van der Waals surface area contributed by atoms with E-state index >= 15 is 0 Å². The number of nitrogens with two attached hydrogens (primary N) is 1. The van der Waals surface area contributed by atoms with Crippen LogP contribution >= 0.6 is 0 Å². The second kappa shape index (κ2) is 4.61. The fourth-order valence-corrected chi connectivity index (χ4v) is 1.76. The lowest BCUT2D eigenvalue weighted by Gasteiger charge is -2.15. The smallest absolute Gasteiger partial charge is 0.203 e. The Morgan fingerprint density at radius 2 is 2.12 bits per heavy atom. The Kier molecular flexibility index (Phi) is 3.19. The third-order valence-corrected chi connectivity index (χ3v) is 2.80. The predicted octanol–water partition coefficient (Wildman–Crippen LogP) is 1.62. The highest BCUT2D eigenvalue weighted by Crippen LogP contribution is 2.42. The van der Waals surface area contributed by atoms with Crippen LogP contribution in [0.5, 0.6) is 17.2 Å². The molecular formula is C12H17NO3. The van der Waals surface area contributed by atoms with Crippen LogP contribution in [0.4, 0.5) is 0 Å². The number of hydrogen-bond donors (Lipinski definition) is 2. The molecule has 4 nitrogen and oxygen atoms in total. The van der Waals surface area contributed by atoms with Crippen molar-refractivity contribution in [2.24, 2.45) is 5.73 Å². The maximum absolute atomic E-state index is 10.1. The van der Waals surface area contributed by atoms with Gasteiger partial charge in [-0.1, -0.05) is 13.0 Å². The van der Waals surface area contributed by atoms with Gasteiger partial charge in [-0.2, -0.15) is 0 Å². The highest BCUT2D eigenvalue weighted by atomic mass is 16.5. The van der Waals surface area contributed by atoms with Gasteiger partial charge < -0.3 is 20.3 Å². The largest absolute Gasteiger partial charge is 0.504 e. The monoisotopic (exact) mass is 223 g/mol. The molecule has 0 saturated carbocycles. The first-order valence-corrected chi connectivity index (χ1v) is 5.55. The van der Waals surface area contributed by atoms with Gasteiger partial charge in [-0.3, -0.25) is 0 Å². The molecule has 3 N–H and O–H groups in total. The molecule has 2 rings (SSSR count). The number of benzene rings is 1. The van der Waals surface area contributed by atoms with Gasteiger partial charge in [0.25, 0.3) is 0 Å². The molecule has 0 saturated heterocycles. The van der Waals surface area contributed by atoms with Crippen molar-refractivity contribution < 1.29 is 14.6 Å². The lowest BCUT2D eigenvalue weighted by atomic mass is 9.99. The van der Waals surface area contributed by atoms with Crippen molar-refractivity contribution in [3.05, 3.63) is 17.7 Å². The number of phenols is 1. The number of hydrogen-bond acceptors (Lipinski definition) is 4. The summed E-state index contributed by atoms with van der Waals surface area (Å²) in [6.45, 7) is 3.66. The maximum Gasteiger partial charge on any atom is 0.203 e. The van der Waals surface area contributed by atoms with E-state index in [2.05, 4.69) is 0 Å². The summed E-state index contributed by atoms with van der Waals surface area (Å²) in [5.74, 6) is 1.34. The topological polar surface area (TPSA) is 64.7 Å². The van der Waals surface area contributed by atoms with E-state index < -0.39 is 0 Å². The fourth-order valence-electron chi connectivity index (χ4n) is 1.76. The van der Waals surface area contributed by atoms with Gasteiger partial charge in [-0.25, -0.2) is 0 Å². The van der Waals surface area contributed by atoms with Crippen LogP contribution in [0.15, 0.2) is 12.1 Å². The van der Waals surface area contributed by atoms with Crippen molar-refractivity contribution in [2.75, 3.05) is 19.8 Å². The molecule has 1 aliphatic rings. The zero-order chi connectivity index (χ0) is 11.5. The molecule has 1 aliphatic heterocycles. The zero-order valence-corrected chi connectivity index (χ0v) is 9.40. The summed E-state index contributed by atoms with van der Waals surface area (Å²) < 4.78 is 11.0. The standard InChI is InChI=1S/C12H17NO3/c1-8(7-13)9-3-4-10-12(11(9)14)16-6-2-5-15-10/h3-4,8,14H,2,5-7,13H2,1H3. The Bertz CT molecular complexity index is 379. The van der Waals surface area contributed by atoms with E-state index in [-0.39, 0.29) is 11.7 Å². The first-order chi connectivity index (χ1) is 7.74. The molecule has 1 unspecified atom stereocenters. The molecule has 0 aromatic heterocycles. The molecule has 0 fully saturated rings. The third-order valence-electron chi connectivity index (χ3n) is 2.80. The summed E-state index contributed by atoms with van der Waals surface area (Å²) in [6.07, 6.45) is 0.829. The van der Waals surface area contributed by atoms with Crippen molar-refractivity contribution in [1.82, 2.24) is 0 Å². The highest BCUT2D eigenvalue weighted by Gasteiger charge is 2.19. The predicted molar refractivity (Wildman–Crippen MR) is 61.2 cm³/mol. The second-order valence-corrected chi connectivity index (χ2v) is 4.02. The molecule has 4 heteroatoms. The summed E-state index contributed by atoms with van der Waals surface area (Å²) in [6, 6.07) is 3.68. The summed E-state index contributed by atoms with van der Waals surface area (Å²) in [7, 11) is 0. The number of phenolic OH excluding ortho intramolecular Hbond substituents is 1. The molecule has 0 bridgehead atoms. The zero-order valence-electron chi connectivity index (χ0n) is 9.40. The molecule has 0 amide bonds. The van der Waals surface area contributed by atoms with Gasteiger partial charge in [0.15, 0.2) is 11.5 Å². The molecule has 1 heterocycles. The van der Waals surface area contributed by atoms with E-state index in [0.717, 1.165) is 12.0 Å². The van der Waals surface area contributed by atoms with Gasteiger partial charge >= 0.3 is 0 Å². The highest BCUT2D eigenvalue weighted by molar-refractivity contribution is 5.56. The maximum atomic E-state index is 10.1. The summed E-state index contributed by atoms with van der Waals surface area (Å²) >= 11 is 0. The first-order valence-electron chi connectivity index (χ1n) is 5.55. The molecule has 0 aliphatic carbocycles. The summed E-state index contributed by atoms with van der Waals surface area (Å²) in [5, 5.41) is 10.1. The van der Waals surface area contributed by atoms with E-state index in [1.807, 2.05) is 19.1 Å². The SMILES string of the molecule is CC(CN)c1ccc2c(c1O)OCCCO2. The number of ether oxygens (including phenoxy) is 2. The van der Waals surface area contributed by atoms with Gasteiger partial charge in [0.1, 0.15) is 0 Å². The van der Waals surface area contributed by atoms with Crippen molar-refractivity contribution in [3.8, 4) is 17.2 Å². The molecular weight excluding hydrogens is 206 g/mol. The first kappa shape index (κ1) is 11.1.